The van der Waals surface area contributed by atoms with Gasteiger partial charge in [0.25, 0.3) is 17.5 Å². The Labute approximate surface area is 149 Å². The lowest BCUT2D eigenvalue weighted by Crippen LogP contribution is -2.22. The summed E-state index contributed by atoms with van der Waals surface area (Å²) < 4.78 is 0. The summed E-state index contributed by atoms with van der Waals surface area (Å²) in [6.07, 6.45) is 0. The van der Waals surface area contributed by atoms with Crippen LogP contribution in [0.5, 0.6) is 0 Å². The van der Waals surface area contributed by atoms with Gasteiger partial charge in [-0.1, -0.05) is 23.7 Å². The van der Waals surface area contributed by atoms with E-state index in [-0.39, 0.29) is 27.9 Å². The fourth-order valence-electron chi connectivity index (χ4n) is 2.29. The maximum Gasteiger partial charge on any atom is 0.285 e. The van der Waals surface area contributed by atoms with Crippen LogP contribution in [0.25, 0.3) is 0 Å². The Hall–Kier alpha value is -2.93. The Bertz CT molecular complexity index is 865. The molecule has 0 fully saturated rings. The van der Waals surface area contributed by atoms with E-state index >= 15 is 0 Å². The van der Waals surface area contributed by atoms with Crippen molar-refractivity contribution in [2.24, 2.45) is 0 Å². The number of hydrogen-bond donors (Lipinski definition) is 1. The van der Waals surface area contributed by atoms with Gasteiger partial charge in [-0.25, -0.2) is 0 Å². The van der Waals surface area contributed by atoms with Crippen LogP contribution in [0.3, 0.4) is 0 Å². The zero-order valence-corrected chi connectivity index (χ0v) is 14.6. The third kappa shape index (κ3) is 3.95. The molecule has 0 bridgehead atoms. The number of nitro benzene ring substituents is 1. The highest BCUT2D eigenvalue weighted by atomic mass is 35.5. The highest BCUT2D eigenvalue weighted by molar-refractivity contribution is 6.34. The Morgan fingerprint density at radius 3 is 2.48 bits per heavy atom. The van der Waals surface area contributed by atoms with Crippen LogP contribution in [-0.4, -0.2) is 35.7 Å². The molecule has 0 aliphatic carbocycles. The summed E-state index contributed by atoms with van der Waals surface area (Å²) in [6, 6.07) is 8.94. The fraction of sp³-hybridized carbons (Fsp3) is 0.176. The topological polar surface area (TPSA) is 92.6 Å². The molecule has 1 N–H and O–H groups in total. The van der Waals surface area contributed by atoms with E-state index in [9.17, 15) is 19.7 Å². The third-order valence-corrected chi connectivity index (χ3v) is 3.86. The van der Waals surface area contributed by atoms with Gasteiger partial charge in [-0.3, -0.25) is 19.7 Å². The van der Waals surface area contributed by atoms with Crippen molar-refractivity contribution in [3.05, 3.63) is 68.2 Å². The average molecular weight is 362 g/mol. The van der Waals surface area contributed by atoms with Crippen molar-refractivity contribution in [1.29, 1.82) is 0 Å². The Morgan fingerprint density at radius 2 is 1.88 bits per heavy atom. The SMILES string of the molecule is Cc1cccc(C(=O)Nc2cc(C(=O)N(C)C)ccc2Cl)c1[N+](=O)[O-]. The Kier molecular flexibility index (Phi) is 5.38. The van der Waals surface area contributed by atoms with Crippen LogP contribution in [0.4, 0.5) is 11.4 Å². The van der Waals surface area contributed by atoms with Crippen molar-refractivity contribution >= 4 is 34.8 Å². The normalized spacial score (nSPS) is 10.2. The first-order valence-corrected chi connectivity index (χ1v) is 7.66. The summed E-state index contributed by atoms with van der Waals surface area (Å²) in [4.78, 5) is 36.5. The number of nitro groups is 1. The molecule has 0 unspecified atom stereocenters. The second-order valence-electron chi connectivity index (χ2n) is 5.58. The molecule has 0 heterocycles. The van der Waals surface area contributed by atoms with Crippen molar-refractivity contribution in [3.8, 4) is 0 Å². The summed E-state index contributed by atoms with van der Waals surface area (Å²) >= 11 is 6.07. The molecular weight excluding hydrogens is 346 g/mol. The number of para-hydroxylation sites is 1. The van der Waals surface area contributed by atoms with E-state index in [1.165, 1.54) is 29.2 Å². The van der Waals surface area contributed by atoms with E-state index in [2.05, 4.69) is 5.32 Å². The first-order chi connectivity index (χ1) is 11.7. The molecule has 25 heavy (non-hydrogen) atoms. The molecule has 0 radical (unpaired) electrons. The second kappa shape index (κ2) is 7.31. The lowest BCUT2D eigenvalue weighted by atomic mass is 10.1. The van der Waals surface area contributed by atoms with Gasteiger partial charge in [-0.2, -0.15) is 0 Å². The predicted octanol–water partition coefficient (Wildman–Crippen LogP) is 3.51. The molecule has 0 atom stereocenters. The predicted molar refractivity (Wildman–Crippen MR) is 95.3 cm³/mol. The lowest BCUT2D eigenvalue weighted by molar-refractivity contribution is -0.385. The lowest BCUT2D eigenvalue weighted by Gasteiger charge is -2.13. The number of nitrogens with one attached hydrogen (secondary N) is 1. The molecule has 2 aromatic rings. The van der Waals surface area contributed by atoms with Crippen LogP contribution in [0.15, 0.2) is 36.4 Å². The van der Waals surface area contributed by atoms with Crippen molar-refractivity contribution < 1.29 is 14.5 Å². The van der Waals surface area contributed by atoms with Gasteiger partial charge in [-0.05, 0) is 31.2 Å². The van der Waals surface area contributed by atoms with Crippen LogP contribution in [0.2, 0.25) is 5.02 Å². The van der Waals surface area contributed by atoms with Gasteiger partial charge in [-0.15, -0.1) is 0 Å². The summed E-state index contributed by atoms with van der Waals surface area (Å²) in [7, 11) is 3.20. The number of hydrogen-bond acceptors (Lipinski definition) is 4. The highest BCUT2D eigenvalue weighted by Crippen LogP contribution is 2.27. The molecule has 0 saturated heterocycles. The highest BCUT2D eigenvalue weighted by Gasteiger charge is 2.23. The monoisotopic (exact) mass is 361 g/mol. The van der Waals surface area contributed by atoms with Gasteiger partial charge in [0.15, 0.2) is 0 Å². The molecule has 0 aromatic heterocycles. The number of aryl methyl sites for hydroxylation is 1. The standard InChI is InChI=1S/C17H16ClN3O4/c1-10-5-4-6-12(15(10)21(24)25)16(22)19-14-9-11(7-8-13(14)18)17(23)20(2)3/h4-9H,1-3H3,(H,19,22). The number of anilines is 1. The molecule has 130 valence electrons. The molecule has 7 nitrogen and oxygen atoms in total. The third-order valence-electron chi connectivity index (χ3n) is 3.53. The molecule has 2 aromatic carbocycles. The van der Waals surface area contributed by atoms with Crippen molar-refractivity contribution in [2.45, 2.75) is 6.92 Å². The molecule has 0 spiro atoms. The minimum Gasteiger partial charge on any atom is -0.345 e. The number of rotatable bonds is 4. The largest absolute Gasteiger partial charge is 0.345 e. The van der Waals surface area contributed by atoms with Gasteiger partial charge < -0.3 is 10.2 Å². The first-order valence-electron chi connectivity index (χ1n) is 7.29. The van der Waals surface area contributed by atoms with Gasteiger partial charge in [0, 0.05) is 25.2 Å². The van der Waals surface area contributed by atoms with E-state index in [0.29, 0.717) is 11.1 Å². The molecule has 0 aliphatic heterocycles. The van der Waals surface area contributed by atoms with Gasteiger partial charge in [0.1, 0.15) is 5.56 Å². The van der Waals surface area contributed by atoms with E-state index in [4.69, 9.17) is 11.6 Å². The second-order valence-corrected chi connectivity index (χ2v) is 5.98. The number of nitrogens with zero attached hydrogens (tertiary/aromatic N) is 2. The van der Waals surface area contributed by atoms with E-state index in [0.717, 1.165) is 0 Å². The van der Waals surface area contributed by atoms with Crippen molar-refractivity contribution in [2.75, 3.05) is 19.4 Å². The van der Waals surface area contributed by atoms with Crippen LogP contribution < -0.4 is 5.32 Å². The smallest absolute Gasteiger partial charge is 0.285 e. The minimum atomic E-state index is -0.674. The number of amides is 2. The average Bonchev–Trinajstić information content (AvgIpc) is 2.55. The summed E-state index contributed by atoms with van der Waals surface area (Å²) in [5.74, 6) is -0.930. The van der Waals surface area contributed by atoms with Crippen molar-refractivity contribution in [3.63, 3.8) is 0 Å². The minimum absolute atomic E-state index is 0.0783. The van der Waals surface area contributed by atoms with E-state index in [1.807, 2.05) is 0 Å². The molecule has 2 rings (SSSR count). The number of halogens is 1. The number of benzene rings is 2. The zero-order chi connectivity index (χ0) is 18.7. The maximum atomic E-state index is 12.5. The molecular formula is C17H16ClN3O4. The zero-order valence-electron chi connectivity index (χ0n) is 13.9. The van der Waals surface area contributed by atoms with Crippen LogP contribution in [0.1, 0.15) is 26.3 Å². The summed E-state index contributed by atoms with van der Waals surface area (Å²) in [5.41, 5.74) is 0.570. The van der Waals surface area contributed by atoms with Crippen LogP contribution in [0, 0.1) is 17.0 Å². The van der Waals surface area contributed by atoms with Crippen molar-refractivity contribution in [1.82, 2.24) is 4.90 Å². The fourth-order valence-corrected chi connectivity index (χ4v) is 2.45. The molecule has 0 saturated carbocycles. The maximum absolute atomic E-state index is 12.5. The number of carbonyl (C=O) groups excluding carboxylic acids is 2. The van der Waals surface area contributed by atoms with Gasteiger partial charge in [0.05, 0.1) is 15.6 Å². The molecule has 2 amide bonds. The summed E-state index contributed by atoms with van der Waals surface area (Å²) in [6.45, 7) is 1.55. The Balaban J connectivity index is 2.39. The van der Waals surface area contributed by atoms with E-state index < -0.39 is 10.8 Å². The van der Waals surface area contributed by atoms with Crippen LogP contribution >= 0.6 is 11.6 Å². The van der Waals surface area contributed by atoms with E-state index in [1.54, 1.807) is 33.2 Å². The molecule has 8 heteroatoms. The number of carbonyl (C=O) groups is 2. The Morgan fingerprint density at radius 1 is 1.20 bits per heavy atom. The quantitative estimate of drug-likeness (QED) is 0.666. The molecule has 0 aliphatic rings. The van der Waals surface area contributed by atoms with Crippen LogP contribution in [-0.2, 0) is 0 Å². The first kappa shape index (κ1) is 18.4. The summed E-state index contributed by atoms with van der Waals surface area (Å²) in [5, 5.41) is 14.0. The van der Waals surface area contributed by atoms with Gasteiger partial charge >= 0.3 is 0 Å². The van der Waals surface area contributed by atoms with Gasteiger partial charge in [0.2, 0.25) is 0 Å².